The number of esters is 1. The standard InChI is InChI=1S/C23H24N4O3S/c1-29-17-8-5-7-16(15-17)26-13-6-10-19(26)22-21(18-9-3-4-12-24-18)25-23(31)27(22)14-11-20(28)30-2/h3-10,12-13,15,21-22H,11,14H2,1-2H3,(H,25,31)/t21-,22-/m1/s1. The highest BCUT2D eigenvalue weighted by atomic mass is 32.1. The number of aromatic nitrogens is 2. The predicted octanol–water partition coefficient (Wildman–Crippen LogP) is 3.42. The fourth-order valence-electron chi connectivity index (χ4n) is 3.91. The van der Waals surface area contributed by atoms with Crippen molar-refractivity contribution < 1.29 is 14.3 Å². The molecule has 0 spiro atoms. The van der Waals surface area contributed by atoms with Crippen LogP contribution in [0.2, 0.25) is 0 Å². The topological polar surface area (TPSA) is 68.6 Å². The van der Waals surface area contributed by atoms with Crippen molar-refractivity contribution in [3.05, 3.63) is 78.4 Å². The summed E-state index contributed by atoms with van der Waals surface area (Å²) in [5.41, 5.74) is 2.89. The third kappa shape index (κ3) is 4.25. The number of thiocarbonyl (C=S) groups is 1. The minimum atomic E-state index is -0.272. The molecule has 0 aliphatic carbocycles. The van der Waals surface area contributed by atoms with Crippen LogP contribution in [0.5, 0.6) is 5.75 Å². The van der Waals surface area contributed by atoms with Gasteiger partial charge in [0.15, 0.2) is 5.11 Å². The normalized spacial score (nSPS) is 18.0. The van der Waals surface area contributed by atoms with Crippen LogP contribution in [0.1, 0.15) is 29.9 Å². The van der Waals surface area contributed by atoms with Gasteiger partial charge in [-0.15, -0.1) is 0 Å². The van der Waals surface area contributed by atoms with Gasteiger partial charge >= 0.3 is 5.97 Å². The summed E-state index contributed by atoms with van der Waals surface area (Å²) in [6, 6.07) is 17.5. The number of nitrogens with one attached hydrogen (secondary N) is 1. The molecule has 0 amide bonds. The fraction of sp³-hybridized carbons (Fsp3) is 0.261. The molecule has 1 aliphatic rings. The van der Waals surface area contributed by atoms with Crippen LogP contribution >= 0.6 is 12.2 Å². The van der Waals surface area contributed by atoms with Gasteiger partial charge in [0.1, 0.15) is 5.75 Å². The van der Waals surface area contributed by atoms with E-state index in [9.17, 15) is 4.79 Å². The fourth-order valence-corrected chi connectivity index (χ4v) is 4.24. The Bertz CT molecular complexity index is 1070. The number of hydrogen-bond donors (Lipinski definition) is 1. The Balaban J connectivity index is 1.76. The monoisotopic (exact) mass is 436 g/mol. The molecule has 1 aliphatic heterocycles. The Morgan fingerprint density at radius 1 is 1.16 bits per heavy atom. The van der Waals surface area contributed by atoms with Gasteiger partial charge in [0.2, 0.25) is 0 Å². The molecule has 3 aromatic rings. The number of nitrogens with zero attached hydrogens (tertiary/aromatic N) is 3. The number of ether oxygens (including phenoxy) is 2. The first-order chi connectivity index (χ1) is 15.1. The second-order valence-electron chi connectivity index (χ2n) is 7.15. The van der Waals surface area contributed by atoms with E-state index < -0.39 is 0 Å². The van der Waals surface area contributed by atoms with Crippen molar-refractivity contribution in [2.75, 3.05) is 20.8 Å². The maximum Gasteiger partial charge on any atom is 0.307 e. The summed E-state index contributed by atoms with van der Waals surface area (Å²) in [4.78, 5) is 18.4. The highest BCUT2D eigenvalue weighted by Gasteiger charge is 2.41. The second kappa shape index (κ2) is 9.18. The smallest absolute Gasteiger partial charge is 0.307 e. The van der Waals surface area contributed by atoms with Gasteiger partial charge in [-0.2, -0.15) is 0 Å². The molecule has 160 valence electrons. The van der Waals surface area contributed by atoms with E-state index >= 15 is 0 Å². The van der Waals surface area contributed by atoms with Gasteiger partial charge in [0.25, 0.3) is 0 Å². The molecule has 3 heterocycles. The SMILES string of the molecule is COC(=O)CCN1C(=S)N[C@H](c2ccccn2)[C@H]1c1cccn1-c1cccc(OC)c1. The largest absolute Gasteiger partial charge is 0.497 e. The molecule has 0 bridgehead atoms. The molecular formula is C23H24N4O3S. The quantitative estimate of drug-likeness (QED) is 0.450. The molecule has 2 aromatic heterocycles. The van der Waals surface area contributed by atoms with E-state index in [2.05, 4.69) is 20.9 Å². The van der Waals surface area contributed by atoms with Gasteiger partial charge in [-0.25, -0.2) is 0 Å². The lowest BCUT2D eigenvalue weighted by molar-refractivity contribution is -0.140. The van der Waals surface area contributed by atoms with E-state index in [0.717, 1.165) is 22.8 Å². The maximum atomic E-state index is 11.8. The number of rotatable bonds is 7. The maximum absolute atomic E-state index is 11.8. The van der Waals surface area contributed by atoms with E-state index in [1.165, 1.54) is 7.11 Å². The Hall–Kier alpha value is -3.39. The van der Waals surface area contributed by atoms with Gasteiger partial charge in [0.05, 0.1) is 38.4 Å². The molecule has 0 unspecified atom stereocenters. The van der Waals surface area contributed by atoms with Crippen LogP contribution in [-0.2, 0) is 9.53 Å². The van der Waals surface area contributed by atoms with Gasteiger partial charge in [-0.05, 0) is 48.6 Å². The van der Waals surface area contributed by atoms with Gasteiger partial charge in [-0.1, -0.05) is 12.1 Å². The van der Waals surface area contributed by atoms with Crippen LogP contribution in [0.15, 0.2) is 67.0 Å². The summed E-state index contributed by atoms with van der Waals surface area (Å²) < 4.78 is 12.4. The van der Waals surface area contributed by atoms with E-state index in [4.69, 9.17) is 21.7 Å². The highest BCUT2D eigenvalue weighted by Crippen LogP contribution is 2.39. The predicted molar refractivity (Wildman–Crippen MR) is 121 cm³/mol. The molecule has 1 fully saturated rings. The zero-order valence-electron chi connectivity index (χ0n) is 17.4. The first-order valence-corrected chi connectivity index (χ1v) is 10.4. The van der Waals surface area contributed by atoms with Crippen molar-refractivity contribution in [1.82, 2.24) is 19.8 Å². The van der Waals surface area contributed by atoms with Crippen LogP contribution in [-0.4, -0.2) is 46.3 Å². The molecule has 0 saturated carbocycles. The summed E-state index contributed by atoms with van der Waals surface area (Å²) in [6.07, 6.45) is 4.03. The van der Waals surface area contributed by atoms with E-state index in [1.54, 1.807) is 13.3 Å². The number of carbonyl (C=O) groups excluding carboxylic acids is 1. The average Bonchev–Trinajstić information content (AvgIpc) is 3.42. The van der Waals surface area contributed by atoms with E-state index in [-0.39, 0.29) is 24.5 Å². The summed E-state index contributed by atoms with van der Waals surface area (Å²) >= 11 is 5.66. The zero-order valence-corrected chi connectivity index (χ0v) is 18.2. The molecule has 1 saturated heterocycles. The van der Waals surface area contributed by atoms with Gasteiger partial charge < -0.3 is 24.3 Å². The Labute approximate surface area is 186 Å². The van der Waals surface area contributed by atoms with Crippen molar-refractivity contribution in [3.63, 3.8) is 0 Å². The van der Waals surface area contributed by atoms with Crippen molar-refractivity contribution in [3.8, 4) is 11.4 Å². The number of carbonyl (C=O) groups is 1. The first-order valence-electron chi connectivity index (χ1n) is 9.99. The van der Waals surface area contributed by atoms with E-state index in [0.29, 0.717) is 11.7 Å². The summed E-state index contributed by atoms with van der Waals surface area (Å²) in [5.74, 6) is 0.507. The zero-order chi connectivity index (χ0) is 21.8. The van der Waals surface area contributed by atoms with Crippen LogP contribution in [0.25, 0.3) is 5.69 Å². The lowest BCUT2D eigenvalue weighted by atomic mass is 10.0. The second-order valence-corrected chi connectivity index (χ2v) is 7.54. The minimum Gasteiger partial charge on any atom is -0.497 e. The third-order valence-electron chi connectivity index (χ3n) is 5.40. The highest BCUT2D eigenvalue weighted by molar-refractivity contribution is 7.80. The molecule has 8 heteroatoms. The molecule has 0 radical (unpaired) electrons. The number of hydrogen-bond acceptors (Lipinski definition) is 5. The third-order valence-corrected chi connectivity index (χ3v) is 5.75. The average molecular weight is 437 g/mol. The number of pyridine rings is 1. The minimum absolute atomic E-state index is 0.159. The molecular weight excluding hydrogens is 412 g/mol. The Morgan fingerprint density at radius 2 is 2.03 bits per heavy atom. The molecule has 1 N–H and O–H groups in total. The van der Waals surface area contributed by atoms with Gasteiger partial charge in [0, 0.05) is 36.4 Å². The summed E-state index contributed by atoms with van der Waals surface area (Å²) in [6.45, 7) is 0.440. The Kier molecular flexibility index (Phi) is 6.18. The van der Waals surface area contributed by atoms with Crippen LogP contribution in [0.3, 0.4) is 0 Å². The van der Waals surface area contributed by atoms with Gasteiger partial charge in [-0.3, -0.25) is 9.78 Å². The first kappa shape index (κ1) is 20.9. The van der Waals surface area contributed by atoms with Crippen molar-refractivity contribution in [2.45, 2.75) is 18.5 Å². The molecule has 31 heavy (non-hydrogen) atoms. The lowest BCUT2D eigenvalue weighted by Gasteiger charge is -2.28. The van der Waals surface area contributed by atoms with E-state index in [1.807, 2.05) is 59.6 Å². The van der Waals surface area contributed by atoms with Crippen LogP contribution < -0.4 is 10.1 Å². The number of benzene rings is 1. The van der Waals surface area contributed by atoms with Crippen LogP contribution in [0.4, 0.5) is 0 Å². The number of methoxy groups -OCH3 is 2. The molecule has 7 nitrogen and oxygen atoms in total. The lowest BCUT2D eigenvalue weighted by Crippen LogP contribution is -2.32. The molecule has 4 rings (SSSR count). The van der Waals surface area contributed by atoms with Crippen molar-refractivity contribution >= 4 is 23.3 Å². The van der Waals surface area contributed by atoms with Crippen molar-refractivity contribution in [2.24, 2.45) is 0 Å². The molecule has 2 atom stereocenters. The Morgan fingerprint density at radius 3 is 2.77 bits per heavy atom. The van der Waals surface area contributed by atoms with Crippen LogP contribution in [0, 0.1) is 0 Å². The molecule has 1 aromatic carbocycles. The summed E-state index contributed by atoms with van der Waals surface area (Å²) in [7, 11) is 3.05. The summed E-state index contributed by atoms with van der Waals surface area (Å²) in [5, 5.41) is 3.99. The van der Waals surface area contributed by atoms with Crippen molar-refractivity contribution in [1.29, 1.82) is 0 Å².